The Morgan fingerprint density at radius 2 is 2.05 bits per heavy atom. The maximum absolute atomic E-state index is 12.2. The molecule has 2 rings (SSSR count). The number of amides is 1. The molecule has 1 amide bonds. The lowest BCUT2D eigenvalue weighted by Gasteiger charge is -2.26. The van der Waals surface area contributed by atoms with Crippen molar-refractivity contribution in [1.29, 1.82) is 5.26 Å². The first kappa shape index (κ1) is 13.3. The minimum absolute atomic E-state index is 0.0870. The molecule has 0 fully saturated rings. The largest absolute Gasteiger partial charge is 0.315 e. The number of Topliss-reactive ketones (excluding diaryl/α,β-unsaturated/α-hetero) is 1. The van der Waals surface area contributed by atoms with Gasteiger partial charge in [0, 0.05) is 24.7 Å². The average molecular weight is 256 g/mol. The fourth-order valence-corrected chi connectivity index (χ4v) is 2.21. The monoisotopic (exact) mass is 256 g/mol. The summed E-state index contributed by atoms with van der Waals surface area (Å²) >= 11 is 0. The van der Waals surface area contributed by atoms with Gasteiger partial charge in [0.2, 0.25) is 5.91 Å². The van der Waals surface area contributed by atoms with Crippen molar-refractivity contribution >= 4 is 17.4 Å². The van der Waals surface area contributed by atoms with E-state index in [0.717, 1.165) is 11.3 Å². The molecular weight excluding hydrogens is 240 g/mol. The number of aryl methyl sites for hydroxylation is 1. The van der Waals surface area contributed by atoms with Gasteiger partial charge in [-0.15, -0.1) is 0 Å². The number of nitriles is 1. The lowest BCUT2D eigenvalue weighted by molar-refractivity contribution is -0.118. The first-order valence-corrected chi connectivity index (χ1v) is 6.22. The SMILES string of the molecule is CN1C(=O)CCc2cc(C(=O)C(C)(C)C#N)ccc21. The van der Waals surface area contributed by atoms with E-state index in [0.29, 0.717) is 18.4 Å². The average Bonchev–Trinajstić information content (AvgIpc) is 2.41. The third kappa shape index (κ3) is 2.24. The zero-order valence-corrected chi connectivity index (χ0v) is 11.4. The van der Waals surface area contributed by atoms with Crippen molar-refractivity contribution in [1.82, 2.24) is 0 Å². The van der Waals surface area contributed by atoms with Gasteiger partial charge in [-0.05, 0) is 44.0 Å². The Kier molecular flexibility index (Phi) is 3.15. The first-order chi connectivity index (χ1) is 8.86. The van der Waals surface area contributed by atoms with Crippen molar-refractivity contribution in [2.75, 3.05) is 11.9 Å². The normalized spacial score (nSPS) is 14.8. The van der Waals surface area contributed by atoms with Gasteiger partial charge in [0.05, 0.1) is 6.07 Å². The van der Waals surface area contributed by atoms with Crippen molar-refractivity contribution in [2.45, 2.75) is 26.7 Å². The molecule has 1 aliphatic heterocycles. The molecule has 0 atom stereocenters. The van der Waals surface area contributed by atoms with Gasteiger partial charge < -0.3 is 4.90 Å². The van der Waals surface area contributed by atoms with Crippen molar-refractivity contribution in [3.63, 3.8) is 0 Å². The van der Waals surface area contributed by atoms with E-state index in [1.54, 1.807) is 44.0 Å². The molecule has 0 radical (unpaired) electrons. The molecule has 0 saturated heterocycles. The zero-order valence-electron chi connectivity index (χ0n) is 11.4. The molecule has 98 valence electrons. The van der Waals surface area contributed by atoms with E-state index < -0.39 is 5.41 Å². The van der Waals surface area contributed by atoms with E-state index in [9.17, 15) is 9.59 Å². The van der Waals surface area contributed by atoms with Gasteiger partial charge in [0.1, 0.15) is 5.41 Å². The number of ketones is 1. The van der Waals surface area contributed by atoms with Gasteiger partial charge in [-0.3, -0.25) is 9.59 Å². The van der Waals surface area contributed by atoms with E-state index in [-0.39, 0.29) is 11.7 Å². The standard InChI is InChI=1S/C15H16N2O2/c1-15(2,9-16)14(19)11-4-6-12-10(8-11)5-7-13(18)17(12)3/h4,6,8H,5,7H2,1-3H3. The van der Waals surface area contributed by atoms with Gasteiger partial charge in [0.15, 0.2) is 5.78 Å². The van der Waals surface area contributed by atoms with Crippen LogP contribution in [0.25, 0.3) is 0 Å². The minimum atomic E-state index is -1.02. The third-order valence-electron chi connectivity index (χ3n) is 3.53. The van der Waals surface area contributed by atoms with Crippen LogP contribution < -0.4 is 4.90 Å². The molecule has 4 nitrogen and oxygen atoms in total. The van der Waals surface area contributed by atoms with Crippen molar-refractivity contribution in [2.24, 2.45) is 5.41 Å². The Balaban J connectivity index is 2.41. The van der Waals surface area contributed by atoms with E-state index >= 15 is 0 Å². The second kappa shape index (κ2) is 4.51. The Bertz CT molecular complexity index is 597. The van der Waals surface area contributed by atoms with E-state index in [1.807, 2.05) is 6.07 Å². The van der Waals surface area contributed by atoms with Crippen LogP contribution in [0.4, 0.5) is 5.69 Å². The predicted octanol–water partition coefficient (Wildman–Crippen LogP) is 2.33. The Hall–Kier alpha value is -2.15. The lowest BCUT2D eigenvalue weighted by Crippen LogP contribution is -2.31. The lowest BCUT2D eigenvalue weighted by atomic mass is 9.84. The highest BCUT2D eigenvalue weighted by atomic mass is 16.2. The minimum Gasteiger partial charge on any atom is -0.315 e. The predicted molar refractivity (Wildman–Crippen MR) is 71.9 cm³/mol. The molecule has 0 unspecified atom stereocenters. The van der Waals surface area contributed by atoms with Crippen LogP contribution in [0.2, 0.25) is 0 Å². The molecule has 0 bridgehead atoms. The number of rotatable bonds is 2. The van der Waals surface area contributed by atoms with Crippen LogP contribution in [0.15, 0.2) is 18.2 Å². The molecule has 1 aromatic rings. The van der Waals surface area contributed by atoms with Crippen LogP contribution in [-0.4, -0.2) is 18.7 Å². The molecular formula is C15H16N2O2. The summed E-state index contributed by atoms with van der Waals surface area (Å²) in [5, 5.41) is 9.02. The number of hydrogen-bond acceptors (Lipinski definition) is 3. The van der Waals surface area contributed by atoms with Crippen LogP contribution in [0.5, 0.6) is 0 Å². The number of carbonyl (C=O) groups excluding carboxylic acids is 2. The maximum atomic E-state index is 12.2. The Morgan fingerprint density at radius 1 is 1.37 bits per heavy atom. The summed E-state index contributed by atoms with van der Waals surface area (Å²) in [4.78, 5) is 25.4. The molecule has 4 heteroatoms. The maximum Gasteiger partial charge on any atom is 0.227 e. The fraction of sp³-hybridized carbons (Fsp3) is 0.400. The number of hydrogen-bond donors (Lipinski definition) is 0. The summed E-state index contributed by atoms with van der Waals surface area (Å²) in [7, 11) is 1.74. The summed E-state index contributed by atoms with van der Waals surface area (Å²) in [6.07, 6.45) is 1.11. The van der Waals surface area contributed by atoms with Gasteiger partial charge in [-0.25, -0.2) is 0 Å². The molecule has 0 aromatic heterocycles. The number of anilines is 1. The van der Waals surface area contributed by atoms with Crippen molar-refractivity contribution < 1.29 is 9.59 Å². The van der Waals surface area contributed by atoms with Gasteiger partial charge >= 0.3 is 0 Å². The highest BCUT2D eigenvalue weighted by molar-refractivity contribution is 6.03. The molecule has 19 heavy (non-hydrogen) atoms. The molecule has 0 N–H and O–H groups in total. The van der Waals surface area contributed by atoms with Crippen LogP contribution in [0.3, 0.4) is 0 Å². The van der Waals surface area contributed by atoms with Crippen LogP contribution in [0.1, 0.15) is 36.2 Å². The van der Waals surface area contributed by atoms with Crippen molar-refractivity contribution in [3.8, 4) is 6.07 Å². The first-order valence-electron chi connectivity index (χ1n) is 6.22. The van der Waals surface area contributed by atoms with Crippen LogP contribution in [-0.2, 0) is 11.2 Å². The zero-order chi connectivity index (χ0) is 14.2. The third-order valence-corrected chi connectivity index (χ3v) is 3.53. The Labute approximate surface area is 112 Å². The summed E-state index contributed by atoms with van der Waals surface area (Å²) in [5.74, 6) is -0.0960. The summed E-state index contributed by atoms with van der Waals surface area (Å²) < 4.78 is 0. The Morgan fingerprint density at radius 3 is 2.68 bits per heavy atom. The van der Waals surface area contributed by atoms with E-state index in [1.165, 1.54) is 0 Å². The molecule has 1 aromatic carbocycles. The molecule has 1 aliphatic rings. The number of fused-ring (bicyclic) bond motifs is 1. The molecule has 0 aliphatic carbocycles. The fourth-order valence-electron chi connectivity index (χ4n) is 2.21. The highest BCUT2D eigenvalue weighted by Crippen LogP contribution is 2.30. The van der Waals surface area contributed by atoms with Crippen molar-refractivity contribution in [3.05, 3.63) is 29.3 Å². The molecule has 0 saturated carbocycles. The van der Waals surface area contributed by atoms with Gasteiger partial charge in [-0.1, -0.05) is 0 Å². The molecule has 1 heterocycles. The summed E-state index contributed by atoms with van der Waals surface area (Å²) in [6, 6.07) is 7.30. The summed E-state index contributed by atoms with van der Waals surface area (Å²) in [5.41, 5.74) is 1.35. The topological polar surface area (TPSA) is 61.2 Å². The van der Waals surface area contributed by atoms with Crippen LogP contribution in [0, 0.1) is 16.7 Å². The molecule has 0 spiro atoms. The number of benzene rings is 1. The summed E-state index contributed by atoms with van der Waals surface area (Å²) in [6.45, 7) is 3.23. The number of carbonyl (C=O) groups is 2. The highest BCUT2D eigenvalue weighted by Gasteiger charge is 2.29. The van der Waals surface area contributed by atoms with Gasteiger partial charge in [0.25, 0.3) is 0 Å². The smallest absolute Gasteiger partial charge is 0.227 e. The second-order valence-corrected chi connectivity index (χ2v) is 5.36. The number of nitrogens with zero attached hydrogens (tertiary/aromatic N) is 2. The second-order valence-electron chi connectivity index (χ2n) is 5.36. The van der Waals surface area contributed by atoms with Crippen LogP contribution >= 0.6 is 0 Å². The quantitative estimate of drug-likeness (QED) is 0.763. The van der Waals surface area contributed by atoms with E-state index in [2.05, 4.69) is 0 Å². The van der Waals surface area contributed by atoms with E-state index in [4.69, 9.17) is 5.26 Å². The van der Waals surface area contributed by atoms with Gasteiger partial charge in [-0.2, -0.15) is 5.26 Å².